The second-order valence-electron chi connectivity index (χ2n) is 6.27. The van der Waals surface area contributed by atoms with Crippen LogP contribution >= 0.6 is 0 Å². The van der Waals surface area contributed by atoms with Crippen molar-refractivity contribution in [2.45, 2.75) is 12.6 Å². The average molecular weight is 434 g/mol. The van der Waals surface area contributed by atoms with Crippen molar-refractivity contribution in [3.05, 3.63) is 66.2 Å². The number of ether oxygens (including phenoxy) is 2. The van der Waals surface area contributed by atoms with Crippen LogP contribution in [0.15, 0.2) is 55.1 Å². The number of carbonyl (C=O) groups is 2. The van der Waals surface area contributed by atoms with Crippen LogP contribution in [0.4, 0.5) is 18.9 Å². The SMILES string of the molecule is COc1ccccc1CC(=O)OCC(=O)Nc1cc(C(F)(F)F)ccc1-n1cncn1. The molecule has 1 amide bonds. The molecule has 0 aliphatic carbocycles. The highest BCUT2D eigenvalue weighted by molar-refractivity contribution is 5.94. The summed E-state index contributed by atoms with van der Waals surface area (Å²) in [6.45, 7) is -0.680. The van der Waals surface area contributed by atoms with Gasteiger partial charge in [0.15, 0.2) is 6.61 Å². The van der Waals surface area contributed by atoms with Gasteiger partial charge in [-0.25, -0.2) is 9.67 Å². The number of aromatic nitrogens is 3. The molecule has 0 spiro atoms. The smallest absolute Gasteiger partial charge is 0.416 e. The van der Waals surface area contributed by atoms with Crippen molar-refractivity contribution in [1.29, 1.82) is 0 Å². The van der Waals surface area contributed by atoms with Gasteiger partial charge in [-0.15, -0.1) is 0 Å². The van der Waals surface area contributed by atoms with Crippen molar-refractivity contribution >= 4 is 17.6 Å². The van der Waals surface area contributed by atoms with E-state index in [4.69, 9.17) is 9.47 Å². The standard InChI is InChI=1S/C20H17F3N4O4/c1-30-17-5-3-2-4-13(17)8-19(29)31-10-18(28)26-15-9-14(20(21,22)23)6-7-16(15)27-12-24-11-25-27/h2-7,9,11-12H,8,10H2,1H3,(H,26,28). The maximum atomic E-state index is 13.1. The van der Waals surface area contributed by atoms with Crippen molar-refractivity contribution in [3.8, 4) is 11.4 Å². The fourth-order valence-electron chi connectivity index (χ4n) is 2.73. The van der Waals surface area contributed by atoms with Gasteiger partial charge in [0, 0.05) is 5.56 Å². The van der Waals surface area contributed by atoms with E-state index in [0.29, 0.717) is 11.3 Å². The number of nitrogens with one attached hydrogen (secondary N) is 1. The number of rotatable bonds is 7. The van der Waals surface area contributed by atoms with Gasteiger partial charge in [-0.1, -0.05) is 18.2 Å². The van der Waals surface area contributed by atoms with E-state index in [1.165, 1.54) is 24.4 Å². The minimum absolute atomic E-state index is 0.134. The van der Waals surface area contributed by atoms with Crippen molar-refractivity contribution < 1.29 is 32.2 Å². The largest absolute Gasteiger partial charge is 0.496 e. The summed E-state index contributed by atoms with van der Waals surface area (Å²) >= 11 is 0. The molecule has 0 fully saturated rings. The maximum Gasteiger partial charge on any atom is 0.416 e. The van der Waals surface area contributed by atoms with Crippen LogP contribution in [-0.4, -0.2) is 40.4 Å². The van der Waals surface area contributed by atoms with Crippen LogP contribution in [0.2, 0.25) is 0 Å². The molecule has 11 heteroatoms. The fourth-order valence-corrected chi connectivity index (χ4v) is 2.73. The van der Waals surface area contributed by atoms with E-state index in [2.05, 4.69) is 15.4 Å². The summed E-state index contributed by atoms with van der Waals surface area (Å²) in [5.74, 6) is -1.01. The number of esters is 1. The van der Waals surface area contributed by atoms with Crippen molar-refractivity contribution in [1.82, 2.24) is 14.8 Å². The summed E-state index contributed by atoms with van der Waals surface area (Å²) in [7, 11) is 1.46. The predicted molar refractivity (Wildman–Crippen MR) is 103 cm³/mol. The topological polar surface area (TPSA) is 95.3 Å². The Morgan fingerprint density at radius 2 is 1.94 bits per heavy atom. The molecule has 3 rings (SSSR count). The minimum Gasteiger partial charge on any atom is -0.496 e. The molecule has 0 bridgehead atoms. The first-order valence-corrected chi connectivity index (χ1v) is 8.91. The third-order valence-corrected chi connectivity index (χ3v) is 4.16. The van der Waals surface area contributed by atoms with Gasteiger partial charge in [0.2, 0.25) is 0 Å². The summed E-state index contributed by atoms with van der Waals surface area (Å²) < 4.78 is 50.5. The van der Waals surface area contributed by atoms with Gasteiger partial charge in [-0.2, -0.15) is 18.3 Å². The average Bonchev–Trinajstić information content (AvgIpc) is 3.26. The third-order valence-electron chi connectivity index (χ3n) is 4.16. The van der Waals surface area contributed by atoms with Gasteiger partial charge >= 0.3 is 12.1 Å². The molecule has 162 valence electrons. The summed E-state index contributed by atoms with van der Waals surface area (Å²) in [6, 6.07) is 9.59. The molecule has 1 aromatic heterocycles. The van der Waals surface area contributed by atoms with E-state index in [-0.39, 0.29) is 17.8 Å². The molecule has 0 aliphatic heterocycles. The van der Waals surface area contributed by atoms with Crippen LogP contribution in [0.25, 0.3) is 5.69 Å². The molecule has 0 unspecified atom stereocenters. The van der Waals surface area contributed by atoms with Crippen LogP contribution in [0.5, 0.6) is 5.75 Å². The Balaban J connectivity index is 1.68. The highest BCUT2D eigenvalue weighted by atomic mass is 19.4. The number of methoxy groups -OCH3 is 1. The zero-order valence-corrected chi connectivity index (χ0v) is 16.2. The number of halogens is 3. The van der Waals surface area contributed by atoms with Crippen LogP contribution in [0, 0.1) is 0 Å². The zero-order valence-electron chi connectivity index (χ0n) is 16.2. The van der Waals surface area contributed by atoms with Crippen molar-refractivity contribution in [3.63, 3.8) is 0 Å². The molecule has 0 radical (unpaired) electrons. The normalized spacial score (nSPS) is 11.1. The summed E-state index contributed by atoms with van der Waals surface area (Å²) in [5.41, 5.74) is -0.383. The Labute approximate surface area is 174 Å². The lowest BCUT2D eigenvalue weighted by Crippen LogP contribution is -2.23. The molecule has 0 saturated heterocycles. The molecule has 1 N–H and O–H groups in total. The molecule has 8 nitrogen and oxygen atoms in total. The molecule has 31 heavy (non-hydrogen) atoms. The lowest BCUT2D eigenvalue weighted by molar-refractivity contribution is -0.146. The molecule has 2 aromatic carbocycles. The van der Waals surface area contributed by atoms with Gasteiger partial charge < -0.3 is 14.8 Å². The molecule has 0 atom stereocenters. The van der Waals surface area contributed by atoms with Gasteiger partial charge in [-0.3, -0.25) is 9.59 Å². The Bertz CT molecular complexity index is 1070. The van der Waals surface area contributed by atoms with Gasteiger partial charge in [0.05, 0.1) is 30.5 Å². The number of benzene rings is 2. The van der Waals surface area contributed by atoms with Crippen LogP contribution < -0.4 is 10.1 Å². The van der Waals surface area contributed by atoms with E-state index in [1.807, 2.05) is 0 Å². The number of nitrogens with zero attached hydrogens (tertiary/aromatic N) is 3. The number of amides is 1. The summed E-state index contributed by atoms with van der Waals surface area (Å²) in [5, 5.41) is 6.18. The highest BCUT2D eigenvalue weighted by Gasteiger charge is 2.31. The number of carbonyl (C=O) groups excluding carboxylic acids is 2. The van der Waals surface area contributed by atoms with Gasteiger partial charge in [0.25, 0.3) is 5.91 Å². The first-order chi connectivity index (χ1) is 14.8. The monoisotopic (exact) mass is 434 g/mol. The van der Waals surface area contributed by atoms with E-state index in [1.54, 1.807) is 24.3 Å². The quantitative estimate of drug-likeness (QED) is 0.575. The number of para-hydroxylation sites is 1. The lowest BCUT2D eigenvalue weighted by atomic mass is 10.1. The van der Waals surface area contributed by atoms with E-state index in [9.17, 15) is 22.8 Å². The summed E-state index contributed by atoms with van der Waals surface area (Å²) in [6.07, 6.45) is -2.28. The Kier molecular flexibility index (Phi) is 6.53. The number of hydrogen-bond donors (Lipinski definition) is 1. The third kappa shape index (κ3) is 5.59. The number of alkyl halides is 3. The molecule has 3 aromatic rings. The van der Waals surface area contributed by atoms with E-state index >= 15 is 0 Å². The Morgan fingerprint density at radius 3 is 2.61 bits per heavy atom. The molecule has 0 saturated carbocycles. The highest BCUT2D eigenvalue weighted by Crippen LogP contribution is 2.33. The number of hydrogen-bond acceptors (Lipinski definition) is 6. The van der Waals surface area contributed by atoms with Crippen LogP contribution in [0.1, 0.15) is 11.1 Å². The second kappa shape index (κ2) is 9.28. The Morgan fingerprint density at radius 1 is 1.16 bits per heavy atom. The summed E-state index contributed by atoms with van der Waals surface area (Å²) in [4.78, 5) is 28.0. The first-order valence-electron chi connectivity index (χ1n) is 8.91. The second-order valence-corrected chi connectivity index (χ2v) is 6.27. The lowest BCUT2D eigenvalue weighted by Gasteiger charge is -2.14. The molecular weight excluding hydrogens is 417 g/mol. The van der Waals surface area contributed by atoms with Crippen LogP contribution in [0.3, 0.4) is 0 Å². The fraction of sp³-hybridized carbons (Fsp3) is 0.200. The van der Waals surface area contributed by atoms with E-state index in [0.717, 1.165) is 18.2 Å². The van der Waals surface area contributed by atoms with Gasteiger partial charge in [0.1, 0.15) is 18.4 Å². The molecule has 1 heterocycles. The zero-order chi connectivity index (χ0) is 22.4. The van der Waals surface area contributed by atoms with Crippen LogP contribution in [-0.2, 0) is 26.9 Å². The molecular formula is C20H17F3N4O4. The van der Waals surface area contributed by atoms with Gasteiger partial charge in [-0.05, 0) is 24.3 Å². The Hall–Kier alpha value is -3.89. The maximum absolute atomic E-state index is 13.1. The number of anilines is 1. The van der Waals surface area contributed by atoms with E-state index < -0.39 is 30.2 Å². The first kappa shape index (κ1) is 21.8. The predicted octanol–water partition coefficient (Wildman–Crippen LogP) is 3.02. The molecule has 0 aliphatic rings. The van der Waals surface area contributed by atoms with Crippen molar-refractivity contribution in [2.24, 2.45) is 0 Å². The minimum atomic E-state index is -4.61. The van der Waals surface area contributed by atoms with Crippen molar-refractivity contribution in [2.75, 3.05) is 19.0 Å².